The highest BCUT2D eigenvalue weighted by Crippen LogP contribution is 2.13. The SMILES string of the molecule is C=CCNC(=O)/C(Cl)=C(/Cl)C(=O)O. The Morgan fingerprint density at radius 1 is 1.38 bits per heavy atom. The molecule has 0 atom stereocenters. The molecule has 0 aliphatic heterocycles. The maximum atomic E-state index is 11.0. The number of carboxylic acid groups (broad SMARTS) is 1. The average molecular weight is 224 g/mol. The number of carbonyl (C=O) groups excluding carboxylic acids is 1. The van der Waals surface area contributed by atoms with Crippen LogP contribution in [0.5, 0.6) is 0 Å². The van der Waals surface area contributed by atoms with Gasteiger partial charge in [-0.2, -0.15) is 0 Å². The van der Waals surface area contributed by atoms with Crippen LogP contribution in [0.1, 0.15) is 0 Å². The third-order valence-electron chi connectivity index (χ3n) is 0.987. The van der Waals surface area contributed by atoms with E-state index >= 15 is 0 Å². The molecule has 0 heterocycles. The van der Waals surface area contributed by atoms with Gasteiger partial charge in [-0.3, -0.25) is 4.79 Å². The second-order valence-corrected chi connectivity index (χ2v) is 2.69. The first-order valence-corrected chi connectivity index (χ1v) is 3.94. The van der Waals surface area contributed by atoms with Crippen LogP contribution >= 0.6 is 23.2 Å². The van der Waals surface area contributed by atoms with Crippen molar-refractivity contribution >= 4 is 35.1 Å². The third-order valence-corrected chi connectivity index (χ3v) is 1.79. The Bertz CT molecular complexity index is 273. The zero-order valence-electron chi connectivity index (χ0n) is 6.51. The van der Waals surface area contributed by atoms with Gasteiger partial charge in [0.05, 0.1) is 0 Å². The predicted molar refractivity (Wildman–Crippen MR) is 49.6 cm³/mol. The van der Waals surface area contributed by atoms with Crippen LogP contribution in [0.15, 0.2) is 22.7 Å². The van der Waals surface area contributed by atoms with Crippen molar-refractivity contribution in [1.29, 1.82) is 0 Å². The summed E-state index contributed by atoms with van der Waals surface area (Å²) >= 11 is 10.5. The Morgan fingerprint density at radius 2 is 1.92 bits per heavy atom. The van der Waals surface area contributed by atoms with Crippen LogP contribution in [0.3, 0.4) is 0 Å². The first kappa shape index (κ1) is 12.0. The van der Waals surface area contributed by atoms with Gasteiger partial charge in [0.25, 0.3) is 5.91 Å². The van der Waals surface area contributed by atoms with Gasteiger partial charge in [-0.25, -0.2) is 4.79 Å². The van der Waals surface area contributed by atoms with Gasteiger partial charge in [0.2, 0.25) is 0 Å². The van der Waals surface area contributed by atoms with Crippen LogP contribution in [0.25, 0.3) is 0 Å². The highest BCUT2D eigenvalue weighted by Gasteiger charge is 2.15. The van der Waals surface area contributed by atoms with E-state index in [2.05, 4.69) is 11.9 Å². The van der Waals surface area contributed by atoms with Crippen molar-refractivity contribution in [2.75, 3.05) is 6.54 Å². The summed E-state index contributed by atoms with van der Waals surface area (Å²) in [5, 5.41) is 9.37. The van der Waals surface area contributed by atoms with Crippen LogP contribution in [0, 0.1) is 0 Å². The lowest BCUT2D eigenvalue weighted by Crippen LogP contribution is -2.24. The molecule has 0 fully saturated rings. The van der Waals surface area contributed by atoms with Crippen LogP contribution < -0.4 is 5.32 Å². The van der Waals surface area contributed by atoms with Gasteiger partial charge in [-0.1, -0.05) is 29.3 Å². The molecule has 0 bridgehead atoms. The van der Waals surface area contributed by atoms with E-state index in [1.54, 1.807) is 0 Å². The third kappa shape index (κ3) is 3.96. The van der Waals surface area contributed by atoms with E-state index in [4.69, 9.17) is 28.3 Å². The number of hydrogen-bond donors (Lipinski definition) is 2. The molecule has 0 saturated carbocycles. The zero-order chi connectivity index (χ0) is 10.4. The minimum Gasteiger partial charge on any atom is -0.477 e. The summed E-state index contributed by atoms with van der Waals surface area (Å²) in [5.41, 5.74) is 0. The normalized spacial score (nSPS) is 11.5. The minimum absolute atomic E-state index is 0.193. The lowest BCUT2D eigenvalue weighted by molar-refractivity contribution is -0.132. The van der Waals surface area contributed by atoms with Crippen molar-refractivity contribution in [3.05, 3.63) is 22.7 Å². The van der Waals surface area contributed by atoms with Gasteiger partial charge in [-0.15, -0.1) is 6.58 Å². The van der Waals surface area contributed by atoms with E-state index in [0.29, 0.717) is 0 Å². The van der Waals surface area contributed by atoms with Gasteiger partial charge >= 0.3 is 5.97 Å². The molecule has 0 radical (unpaired) electrons. The van der Waals surface area contributed by atoms with E-state index in [0.717, 1.165) is 0 Å². The van der Waals surface area contributed by atoms with Crippen LogP contribution in [-0.4, -0.2) is 23.5 Å². The smallest absolute Gasteiger partial charge is 0.349 e. The van der Waals surface area contributed by atoms with E-state index in [1.165, 1.54) is 6.08 Å². The number of amides is 1. The number of hydrogen-bond acceptors (Lipinski definition) is 2. The lowest BCUT2D eigenvalue weighted by atomic mass is 10.4. The highest BCUT2D eigenvalue weighted by molar-refractivity contribution is 6.53. The summed E-state index contributed by atoms with van der Waals surface area (Å²) in [6.45, 7) is 3.54. The van der Waals surface area contributed by atoms with E-state index in [9.17, 15) is 9.59 Å². The summed E-state index contributed by atoms with van der Waals surface area (Å²) in [5.74, 6) is -2.19. The van der Waals surface area contributed by atoms with Gasteiger partial charge in [0, 0.05) is 6.54 Å². The molecule has 72 valence electrons. The fourth-order valence-corrected chi connectivity index (χ4v) is 0.669. The predicted octanol–water partition coefficient (Wildman–Crippen LogP) is 1.06. The molecule has 1 amide bonds. The zero-order valence-corrected chi connectivity index (χ0v) is 8.02. The fraction of sp³-hybridized carbons (Fsp3) is 0.143. The summed E-state index contributed by atoms with van der Waals surface area (Å²) < 4.78 is 0. The molecule has 0 aliphatic carbocycles. The molecular weight excluding hydrogens is 217 g/mol. The second kappa shape index (κ2) is 5.61. The number of halogens is 2. The summed E-state index contributed by atoms with van der Waals surface area (Å²) in [6.07, 6.45) is 1.43. The Balaban J connectivity index is 4.48. The topological polar surface area (TPSA) is 66.4 Å². The first-order chi connectivity index (χ1) is 6.00. The molecule has 0 unspecified atom stereocenters. The molecule has 6 heteroatoms. The molecule has 0 aromatic rings. The number of aliphatic carboxylic acids is 1. The van der Waals surface area contributed by atoms with Crippen LogP contribution in [-0.2, 0) is 9.59 Å². The summed E-state index contributed by atoms with van der Waals surface area (Å²) in [4.78, 5) is 21.2. The van der Waals surface area contributed by atoms with Gasteiger partial charge in [0.15, 0.2) is 0 Å². The van der Waals surface area contributed by atoms with E-state index < -0.39 is 21.9 Å². The largest absolute Gasteiger partial charge is 0.477 e. The number of carboxylic acids is 1. The molecule has 0 aromatic heterocycles. The van der Waals surface area contributed by atoms with Crippen molar-refractivity contribution in [2.45, 2.75) is 0 Å². The molecule has 0 rings (SSSR count). The monoisotopic (exact) mass is 223 g/mol. The number of carbonyl (C=O) groups is 2. The molecule has 13 heavy (non-hydrogen) atoms. The fourth-order valence-electron chi connectivity index (χ4n) is 0.436. The van der Waals surface area contributed by atoms with Crippen molar-refractivity contribution in [1.82, 2.24) is 5.32 Å². The summed E-state index contributed by atoms with van der Waals surface area (Å²) in [7, 11) is 0. The minimum atomic E-state index is -1.44. The van der Waals surface area contributed by atoms with E-state index in [-0.39, 0.29) is 6.54 Å². The Hall–Kier alpha value is -1.00. The maximum absolute atomic E-state index is 11.0. The molecule has 0 saturated heterocycles. The molecule has 0 aliphatic rings. The second-order valence-electron chi connectivity index (χ2n) is 1.93. The maximum Gasteiger partial charge on any atom is 0.349 e. The van der Waals surface area contributed by atoms with Crippen molar-refractivity contribution in [2.24, 2.45) is 0 Å². The summed E-state index contributed by atoms with van der Waals surface area (Å²) in [6, 6.07) is 0. The molecule has 2 N–H and O–H groups in total. The number of nitrogens with one attached hydrogen (secondary N) is 1. The standard InChI is InChI=1S/C7H7Cl2NO3/c1-2-3-10-6(11)4(8)5(9)7(12)13/h2H,1,3H2,(H,10,11)(H,12,13)/b5-4-. The molecule has 0 spiro atoms. The van der Waals surface area contributed by atoms with Crippen molar-refractivity contribution < 1.29 is 14.7 Å². The average Bonchev–Trinajstić information content (AvgIpc) is 2.11. The molecule has 0 aromatic carbocycles. The van der Waals surface area contributed by atoms with Gasteiger partial charge in [0.1, 0.15) is 10.1 Å². The van der Waals surface area contributed by atoms with Crippen molar-refractivity contribution in [3.8, 4) is 0 Å². The van der Waals surface area contributed by atoms with Crippen LogP contribution in [0.4, 0.5) is 0 Å². The Labute approximate surface area is 84.8 Å². The lowest BCUT2D eigenvalue weighted by Gasteiger charge is -2.00. The molecular formula is C7H7Cl2NO3. The van der Waals surface area contributed by atoms with Crippen molar-refractivity contribution in [3.63, 3.8) is 0 Å². The highest BCUT2D eigenvalue weighted by atomic mass is 35.5. The van der Waals surface area contributed by atoms with Crippen LogP contribution in [0.2, 0.25) is 0 Å². The molecule has 4 nitrogen and oxygen atoms in total. The van der Waals surface area contributed by atoms with Gasteiger partial charge in [-0.05, 0) is 0 Å². The van der Waals surface area contributed by atoms with Gasteiger partial charge < -0.3 is 10.4 Å². The number of rotatable bonds is 4. The first-order valence-electron chi connectivity index (χ1n) is 3.18. The van der Waals surface area contributed by atoms with E-state index in [1.807, 2.05) is 0 Å². The quantitative estimate of drug-likeness (QED) is 0.554. The Morgan fingerprint density at radius 3 is 2.31 bits per heavy atom. The Kier molecular flexibility index (Phi) is 5.18.